The topological polar surface area (TPSA) is 98.7 Å². The number of nitrogens with zero attached hydrogens (tertiary/aromatic N) is 1. The van der Waals surface area contributed by atoms with Crippen molar-refractivity contribution in [1.82, 2.24) is 15.5 Å². The molecule has 194 valence electrons. The minimum absolute atomic E-state index is 0.0188. The minimum Gasteiger partial charge on any atom is -0.391 e. The molecule has 3 N–H and O–H groups in total. The second-order valence-electron chi connectivity index (χ2n) is 11.0. The molecule has 0 radical (unpaired) electrons. The van der Waals surface area contributed by atoms with Gasteiger partial charge in [0.25, 0.3) is 5.91 Å². The second-order valence-corrected chi connectivity index (χ2v) is 11.9. The van der Waals surface area contributed by atoms with Gasteiger partial charge < -0.3 is 20.6 Å². The maximum atomic E-state index is 14.3. The van der Waals surface area contributed by atoms with E-state index >= 15 is 0 Å². The van der Waals surface area contributed by atoms with Crippen molar-refractivity contribution in [1.29, 1.82) is 0 Å². The van der Waals surface area contributed by atoms with Crippen LogP contribution >= 0.6 is 11.3 Å². The fraction of sp³-hybridized carbons (Fsp3) is 0.519. The van der Waals surface area contributed by atoms with E-state index in [0.29, 0.717) is 0 Å². The predicted molar refractivity (Wildman–Crippen MR) is 137 cm³/mol. The van der Waals surface area contributed by atoms with Crippen LogP contribution in [0.25, 0.3) is 10.4 Å². The van der Waals surface area contributed by atoms with E-state index < -0.39 is 41.1 Å². The Bertz CT molecular complexity index is 1140. The average molecular weight is 516 g/mol. The molecule has 1 aromatic heterocycles. The zero-order valence-corrected chi connectivity index (χ0v) is 22.0. The Labute approximate surface area is 215 Å². The van der Waals surface area contributed by atoms with Crippen molar-refractivity contribution in [2.45, 2.75) is 77.4 Å². The van der Waals surface area contributed by atoms with Crippen LogP contribution in [0.15, 0.2) is 35.7 Å². The van der Waals surface area contributed by atoms with Crippen LogP contribution in [-0.2, 0) is 20.9 Å². The molecule has 1 aliphatic carbocycles. The number of alkyl halides is 1. The number of amides is 3. The number of aliphatic hydroxyl groups is 1. The Morgan fingerprint density at radius 1 is 1.19 bits per heavy atom. The summed E-state index contributed by atoms with van der Waals surface area (Å²) in [5.41, 5.74) is 0.618. The number of nitrogens with one attached hydrogen (secondary N) is 2. The largest absolute Gasteiger partial charge is 0.391 e. The van der Waals surface area contributed by atoms with Crippen LogP contribution in [0.5, 0.6) is 0 Å². The van der Waals surface area contributed by atoms with Crippen LogP contribution < -0.4 is 10.6 Å². The van der Waals surface area contributed by atoms with Crippen molar-refractivity contribution in [3.63, 3.8) is 0 Å². The lowest BCUT2D eigenvalue weighted by Crippen LogP contribution is -2.59. The summed E-state index contributed by atoms with van der Waals surface area (Å²) in [4.78, 5) is 41.5. The first kappa shape index (κ1) is 26.3. The smallest absolute Gasteiger partial charge is 0.258 e. The molecule has 2 aliphatic rings. The molecule has 3 atom stereocenters. The number of aliphatic hydroxyl groups excluding tert-OH is 1. The molecule has 0 bridgehead atoms. The van der Waals surface area contributed by atoms with Gasteiger partial charge in [0.05, 0.1) is 6.10 Å². The number of aryl methyl sites for hydroxylation is 1. The van der Waals surface area contributed by atoms with Crippen LogP contribution in [0, 0.1) is 12.3 Å². The quantitative estimate of drug-likeness (QED) is 0.527. The molecule has 2 heterocycles. The van der Waals surface area contributed by atoms with E-state index in [0.717, 1.165) is 11.1 Å². The predicted octanol–water partition coefficient (Wildman–Crippen LogP) is 3.33. The van der Waals surface area contributed by atoms with Crippen molar-refractivity contribution in [3.05, 3.63) is 46.8 Å². The van der Waals surface area contributed by atoms with E-state index in [9.17, 15) is 23.9 Å². The Hall–Kier alpha value is -2.78. The van der Waals surface area contributed by atoms with E-state index in [1.807, 2.05) is 24.3 Å². The highest BCUT2D eigenvalue weighted by molar-refractivity contribution is 7.13. The summed E-state index contributed by atoms with van der Waals surface area (Å²) in [6.45, 7) is 7.65. The normalized spacial score (nSPS) is 21.7. The summed E-state index contributed by atoms with van der Waals surface area (Å²) in [6.07, 6.45) is -0.465. The van der Waals surface area contributed by atoms with Crippen molar-refractivity contribution in [3.8, 4) is 10.4 Å². The number of rotatable bonds is 7. The molecule has 4 rings (SSSR count). The maximum Gasteiger partial charge on any atom is 0.258 e. The summed E-state index contributed by atoms with van der Waals surface area (Å²) < 4.78 is 14.3. The van der Waals surface area contributed by atoms with Crippen molar-refractivity contribution in [2.24, 2.45) is 5.41 Å². The Balaban J connectivity index is 1.42. The van der Waals surface area contributed by atoms with E-state index in [1.165, 1.54) is 15.3 Å². The number of halogens is 1. The van der Waals surface area contributed by atoms with E-state index in [4.69, 9.17) is 0 Å². The van der Waals surface area contributed by atoms with Crippen molar-refractivity contribution >= 4 is 29.1 Å². The maximum absolute atomic E-state index is 14.3. The summed E-state index contributed by atoms with van der Waals surface area (Å²) in [5.74, 6) is -1.66. The first-order chi connectivity index (χ1) is 16.9. The van der Waals surface area contributed by atoms with Gasteiger partial charge >= 0.3 is 0 Å². The van der Waals surface area contributed by atoms with Gasteiger partial charge in [0.15, 0.2) is 5.67 Å². The summed E-state index contributed by atoms with van der Waals surface area (Å²) in [6, 6.07) is 8.13. The van der Waals surface area contributed by atoms with Crippen LogP contribution in [0.2, 0.25) is 0 Å². The van der Waals surface area contributed by atoms with Gasteiger partial charge in [0, 0.05) is 24.4 Å². The molecule has 7 nitrogen and oxygen atoms in total. The molecular weight excluding hydrogens is 481 g/mol. The Morgan fingerprint density at radius 3 is 2.42 bits per heavy atom. The molecule has 3 amide bonds. The number of likely N-dealkylation sites (tertiary alicyclic amines) is 1. The monoisotopic (exact) mass is 515 g/mol. The van der Waals surface area contributed by atoms with Crippen molar-refractivity contribution in [2.75, 3.05) is 6.54 Å². The highest BCUT2D eigenvalue weighted by atomic mass is 32.1. The fourth-order valence-corrected chi connectivity index (χ4v) is 5.40. The van der Waals surface area contributed by atoms with E-state index in [1.54, 1.807) is 32.1 Å². The highest BCUT2D eigenvalue weighted by Gasteiger charge is 2.53. The van der Waals surface area contributed by atoms with Gasteiger partial charge in [0.2, 0.25) is 11.8 Å². The first-order valence-electron chi connectivity index (χ1n) is 12.3. The number of carbonyl (C=O) groups excluding carboxylic acids is 3. The molecule has 2 fully saturated rings. The highest BCUT2D eigenvalue weighted by Crippen LogP contribution is 2.40. The lowest BCUT2D eigenvalue weighted by Gasteiger charge is -2.35. The molecule has 0 unspecified atom stereocenters. The lowest BCUT2D eigenvalue weighted by atomic mass is 9.85. The standard InChI is InChI=1S/C27H34FN3O4S/c1-16-9-12-36-21(16)18-7-5-17(6-8-18)14-29-23(33)20-13-19(32)15-31(20)24(34)22(26(2,3)4)30-25(35)27(28)10-11-27/h5-9,12,19-20,22,32H,10-11,13-15H2,1-4H3,(H,29,33)(H,30,35)/t19-,20+,22-/m1/s1. The van der Waals surface area contributed by atoms with Crippen LogP contribution in [0.1, 0.15) is 51.2 Å². The van der Waals surface area contributed by atoms with Crippen LogP contribution in [-0.4, -0.2) is 58.1 Å². The van der Waals surface area contributed by atoms with Gasteiger partial charge in [-0.3, -0.25) is 14.4 Å². The zero-order chi connectivity index (χ0) is 26.3. The summed E-state index contributed by atoms with van der Waals surface area (Å²) >= 11 is 1.68. The number of hydrogen-bond acceptors (Lipinski definition) is 5. The SMILES string of the molecule is Cc1ccsc1-c1ccc(CNC(=O)[C@@H]2C[C@@H](O)CN2C(=O)[C@@H](NC(=O)C2(F)CC2)C(C)(C)C)cc1. The van der Waals surface area contributed by atoms with Gasteiger partial charge in [-0.1, -0.05) is 45.0 Å². The van der Waals surface area contributed by atoms with Gasteiger partial charge in [-0.05, 0) is 53.3 Å². The molecule has 36 heavy (non-hydrogen) atoms. The van der Waals surface area contributed by atoms with Crippen molar-refractivity contribution < 1.29 is 23.9 Å². The third-order valence-electron chi connectivity index (χ3n) is 6.89. The molecular formula is C27H34FN3O4S. The Kier molecular flexibility index (Phi) is 7.26. The van der Waals surface area contributed by atoms with Gasteiger partial charge in [-0.2, -0.15) is 0 Å². The third-order valence-corrected chi connectivity index (χ3v) is 7.96. The van der Waals surface area contributed by atoms with Crippen LogP contribution in [0.4, 0.5) is 4.39 Å². The summed E-state index contributed by atoms with van der Waals surface area (Å²) in [7, 11) is 0. The lowest BCUT2D eigenvalue weighted by molar-refractivity contribution is -0.145. The zero-order valence-electron chi connectivity index (χ0n) is 21.1. The third kappa shape index (κ3) is 5.62. The molecule has 1 aromatic carbocycles. The number of β-amino-alcohol motifs (C(OH)–C–C–N with tert-alkyl or cyclic N) is 1. The van der Waals surface area contributed by atoms with E-state index in [2.05, 4.69) is 29.0 Å². The molecule has 9 heteroatoms. The van der Waals surface area contributed by atoms with Gasteiger partial charge in [0.1, 0.15) is 12.1 Å². The van der Waals surface area contributed by atoms with Crippen LogP contribution in [0.3, 0.4) is 0 Å². The summed E-state index contributed by atoms with van der Waals surface area (Å²) in [5, 5.41) is 17.8. The fourth-order valence-electron chi connectivity index (χ4n) is 4.47. The minimum atomic E-state index is -1.91. The number of hydrogen-bond donors (Lipinski definition) is 3. The molecule has 0 spiro atoms. The molecule has 1 aliphatic heterocycles. The average Bonchev–Trinajstić information content (AvgIpc) is 3.23. The second kappa shape index (κ2) is 9.94. The number of benzene rings is 1. The number of carbonyl (C=O) groups is 3. The number of thiophene rings is 1. The first-order valence-corrected chi connectivity index (χ1v) is 13.2. The van der Waals surface area contributed by atoms with E-state index in [-0.39, 0.29) is 38.3 Å². The Morgan fingerprint density at radius 2 is 1.86 bits per heavy atom. The van der Waals surface area contributed by atoms with Gasteiger partial charge in [-0.15, -0.1) is 11.3 Å². The molecule has 1 saturated heterocycles. The molecule has 2 aromatic rings. The van der Waals surface area contributed by atoms with Gasteiger partial charge in [-0.25, -0.2) is 4.39 Å². The molecule has 1 saturated carbocycles.